The molecule has 84 valence electrons. The zero-order valence-corrected chi connectivity index (χ0v) is 9.83. The Hall–Kier alpha value is -1.69. The van der Waals surface area contributed by atoms with E-state index in [9.17, 15) is 5.26 Å². The van der Waals surface area contributed by atoms with Gasteiger partial charge in [-0.1, -0.05) is 0 Å². The molecular formula is C13H15NO2. The molecule has 1 aliphatic carbocycles. The summed E-state index contributed by atoms with van der Waals surface area (Å²) < 4.78 is 10.7. The highest BCUT2D eigenvalue weighted by atomic mass is 16.5. The Kier molecular flexibility index (Phi) is 2.51. The minimum absolute atomic E-state index is 0.385. The molecule has 0 aliphatic heterocycles. The van der Waals surface area contributed by atoms with Gasteiger partial charge in [0.2, 0.25) is 0 Å². The lowest BCUT2D eigenvalue weighted by Gasteiger charge is -2.17. The average molecular weight is 217 g/mol. The lowest BCUT2D eigenvalue weighted by atomic mass is 9.94. The predicted octanol–water partition coefficient (Wildman–Crippen LogP) is 2.57. The van der Waals surface area contributed by atoms with Crippen molar-refractivity contribution in [3.63, 3.8) is 0 Å². The van der Waals surface area contributed by atoms with Crippen LogP contribution in [0.3, 0.4) is 0 Å². The van der Waals surface area contributed by atoms with E-state index in [0.717, 1.165) is 35.5 Å². The minimum atomic E-state index is -0.385. The molecule has 1 fully saturated rings. The van der Waals surface area contributed by atoms with Crippen LogP contribution in [0.4, 0.5) is 0 Å². The molecule has 0 amide bonds. The van der Waals surface area contributed by atoms with Crippen LogP contribution in [0.25, 0.3) is 0 Å². The molecule has 1 aromatic carbocycles. The second kappa shape index (κ2) is 3.71. The fourth-order valence-corrected chi connectivity index (χ4v) is 2.06. The fraction of sp³-hybridized carbons (Fsp3) is 0.462. The Labute approximate surface area is 95.6 Å². The maximum Gasteiger partial charge on any atom is 0.127 e. The van der Waals surface area contributed by atoms with Crippen LogP contribution in [0.15, 0.2) is 12.1 Å². The van der Waals surface area contributed by atoms with Crippen LogP contribution in [0, 0.1) is 18.3 Å². The third kappa shape index (κ3) is 1.51. The van der Waals surface area contributed by atoms with Crippen molar-refractivity contribution >= 4 is 0 Å². The zero-order chi connectivity index (χ0) is 11.8. The number of ether oxygens (including phenoxy) is 2. The molecule has 1 aromatic rings. The largest absolute Gasteiger partial charge is 0.496 e. The van der Waals surface area contributed by atoms with Crippen molar-refractivity contribution in [2.75, 3.05) is 14.2 Å². The van der Waals surface area contributed by atoms with Crippen LogP contribution in [0.1, 0.15) is 24.0 Å². The Morgan fingerprint density at radius 1 is 1.19 bits per heavy atom. The molecule has 0 aromatic heterocycles. The van der Waals surface area contributed by atoms with Crippen molar-refractivity contribution in [2.24, 2.45) is 0 Å². The van der Waals surface area contributed by atoms with Crippen LogP contribution in [-0.4, -0.2) is 14.2 Å². The minimum Gasteiger partial charge on any atom is -0.496 e. The summed E-state index contributed by atoms with van der Waals surface area (Å²) in [6, 6.07) is 6.28. The third-order valence-electron chi connectivity index (χ3n) is 3.09. The highest BCUT2D eigenvalue weighted by Gasteiger charge is 2.49. The summed E-state index contributed by atoms with van der Waals surface area (Å²) in [5, 5.41) is 9.26. The highest BCUT2D eigenvalue weighted by Crippen LogP contribution is 2.54. The molecular weight excluding hydrogens is 202 g/mol. The van der Waals surface area contributed by atoms with Gasteiger partial charge in [-0.3, -0.25) is 0 Å². The summed E-state index contributed by atoms with van der Waals surface area (Å²) in [7, 11) is 3.26. The van der Waals surface area contributed by atoms with Crippen molar-refractivity contribution in [1.82, 2.24) is 0 Å². The maximum atomic E-state index is 9.26. The quantitative estimate of drug-likeness (QED) is 0.781. The Bertz CT molecular complexity index is 430. The van der Waals surface area contributed by atoms with Crippen molar-refractivity contribution in [1.29, 1.82) is 5.26 Å². The van der Waals surface area contributed by atoms with E-state index in [1.54, 1.807) is 14.2 Å². The molecule has 3 nitrogen and oxygen atoms in total. The number of hydrogen-bond donors (Lipinski definition) is 0. The molecule has 0 spiro atoms. The van der Waals surface area contributed by atoms with Gasteiger partial charge in [-0.2, -0.15) is 5.26 Å². The van der Waals surface area contributed by atoms with E-state index in [2.05, 4.69) is 6.07 Å². The van der Waals surface area contributed by atoms with E-state index in [-0.39, 0.29) is 5.41 Å². The predicted molar refractivity (Wildman–Crippen MR) is 60.8 cm³/mol. The number of benzene rings is 1. The molecule has 16 heavy (non-hydrogen) atoms. The molecule has 2 rings (SSSR count). The average Bonchev–Trinajstić information content (AvgIpc) is 3.08. The van der Waals surface area contributed by atoms with Gasteiger partial charge in [-0.15, -0.1) is 0 Å². The van der Waals surface area contributed by atoms with Gasteiger partial charge in [0.25, 0.3) is 0 Å². The van der Waals surface area contributed by atoms with E-state index >= 15 is 0 Å². The first-order valence-electron chi connectivity index (χ1n) is 5.31. The van der Waals surface area contributed by atoms with E-state index in [1.165, 1.54) is 0 Å². The molecule has 0 heterocycles. The molecule has 0 unspecified atom stereocenters. The molecule has 0 saturated heterocycles. The lowest BCUT2D eigenvalue weighted by Crippen LogP contribution is -2.08. The second-order valence-corrected chi connectivity index (χ2v) is 4.24. The summed E-state index contributed by atoms with van der Waals surface area (Å²) in [4.78, 5) is 0. The number of nitrogens with zero attached hydrogens (tertiary/aromatic N) is 1. The molecule has 0 radical (unpaired) electrons. The van der Waals surface area contributed by atoms with Gasteiger partial charge in [0.1, 0.15) is 11.5 Å². The normalized spacial score (nSPS) is 16.4. The monoisotopic (exact) mass is 217 g/mol. The Balaban J connectivity index is 2.62. The SMILES string of the molecule is COc1cc(C)cc(OC)c1C1(C#N)CC1. The first-order chi connectivity index (χ1) is 7.66. The van der Waals surface area contributed by atoms with Gasteiger partial charge in [0.15, 0.2) is 0 Å². The Morgan fingerprint density at radius 2 is 1.69 bits per heavy atom. The number of hydrogen-bond acceptors (Lipinski definition) is 3. The Morgan fingerprint density at radius 3 is 2.00 bits per heavy atom. The maximum absolute atomic E-state index is 9.26. The first kappa shape index (κ1) is 10.8. The van der Waals surface area contributed by atoms with Crippen LogP contribution >= 0.6 is 0 Å². The van der Waals surface area contributed by atoms with Gasteiger partial charge in [-0.05, 0) is 37.5 Å². The molecule has 1 saturated carbocycles. The van der Waals surface area contributed by atoms with Crippen molar-refractivity contribution in [3.05, 3.63) is 23.3 Å². The summed E-state index contributed by atoms with van der Waals surface area (Å²) in [5.41, 5.74) is 1.60. The van der Waals surface area contributed by atoms with Gasteiger partial charge >= 0.3 is 0 Å². The van der Waals surface area contributed by atoms with E-state index < -0.39 is 0 Å². The van der Waals surface area contributed by atoms with Crippen molar-refractivity contribution in [2.45, 2.75) is 25.2 Å². The van der Waals surface area contributed by atoms with Gasteiger partial charge < -0.3 is 9.47 Å². The third-order valence-corrected chi connectivity index (χ3v) is 3.09. The van der Waals surface area contributed by atoms with Crippen LogP contribution < -0.4 is 9.47 Å². The van der Waals surface area contributed by atoms with Gasteiger partial charge in [0, 0.05) is 0 Å². The summed E-state index contributed by atoms with van der Waals surface area (Å²) in [5.74, 6) is 1.52. The van der Waals surface area contributed by atoms with E-state index in [1.807, 2.05) is 19.1 Å². The van der Waals surface area contributed by atoms with Gasteiger partial charge in [-0.25, -0.2) is 0 Å². The van der Waals surface area contributed by atoms with Crippen LogP contribution in [-0.2, 0) is 5.41 Å². The highest BCUT2D eigenvalue weighted by molar-refractivity contribution is 5.57. The van der Waals surface area contributed by atoms with Gasteiger partial charge in [0.05, 0.1) is 31.3 Å². The number of aryl methyl sites for hydroxylation is 1. The topological polar surface area (TPSA) is 42.2 Å². The molecule has 0 atom stereocenters. The summed E-state index contributed by atoms with van der Waals surface area (Å²) in [6.07, 6.45) is 1.78. The standard InChI is InChI=1S/C13H15NO2/c1-9-6-10(15-2)12(11(7-9)16-3)13(8-14)4-5-13/h6-7H,4-5H2,1-3H3. The first-order valence-corrected chi connectivity index (χ1v) is 5.31. The smallest absolute Gasteiger partial charge is 0.127 e. The summed E-state index contributed by atoms with van der Waals surface area (Å²) in [6.45, 7) is 1.99. The van der Waals surface area contributed by atoms with Crippen molar-refractivity contribution in [3.8, 4) is 17.6 Å². The van der Waals surface area contributed by atoms with Crippen molar-refractivity contribution < 1.29 is 9.47 Å². The molecule has 0 N–H and O–H groups in total. The van der Waals surface area contributed by atoms with Crippen LogP contribution in [0.5, 0.6) is 11.5 Å². The molecule has 3 heteroatoms. The van der Waals surface area contributed by atoms with E-state index in [0.29, 0.717) is 0 Å². The molecule has 0 bridgehead atoms. The molecule has 1 aliphatic rings. The summed E-state index contributed by atoms with van der Waals surface area (Å²) >= 11 is 0. The number of rotatable bonds is 3. The zero-order valence-electron chi connectivity index (χ0n) is 9.83. The second-order valence-electron chi connectivity index (χ2n) is 4.24. The van der Waals surface area contributed by atoms with E-state index in [4.69, 9.17) is 9.47 Å². The van der Waals surface area contributed by atoms with Crippen LogP contribution in [0.2, 0.25) is 0 Å². The lowest BCUT2D eigenvalue weighted by molar-refractivity contribution is 0.381. The number of methoxy groups -OCH3 is 2. The number of nitriles is 1. The fourth-order valence-electron chi connectivity index (χ4n) is 2.06.